The van der Waals surface area contributed by atoms with Gasteiger partial charge in [0.15, 0.2) is 0 Å². The average Bonchev–Trinajstić information content (AvgIpc) is 2.65. The van der Waals surface area contributed by atoms with Crippen LogP contribution in [0.15, 0.2) is 54.6 Å². The molecule has 0 aliphatic rings. The van der Waals surface area contributed by atoms with Gasteiger partial charge in [-0.15, -0.1) is 0 Å². The standard InChI is InChI=1S/C23H32N2O3S/c1-6-19-12-14-21(15-13-19)25(29(5,27)28)17-22(26)24-18(2)16-23(3,4)20-10-8-7-9-11-20/h7-15,18H,6,16-17H2,1-5H3,(H,24,26). The van der Waals surface area contributed by atoms with E-state index in [9.17, 15) is 13.2 Å². The van der Waals surface area contributed by atoms with Gasteiger partial charge in [0.2, 0.25) is 15.9 Å². The number of benzene rings is 2. The Kier molecular flexibility index (Phi) is 7.47. The fourth-order valence-electron chi connectivity index (χ4n) is 3.57. The van der Waals surface area contributed by atoms with Crippen LogP contribution in [0.2, 0.25) is 0 Å². The molecule has 0 aliphatic carbocycles. The molecule has 1 atom stereocenters. The van der Waals surface area contributed by atoms with Crippen LogP contribution in [-0.2, 0) is 26.7 Å². The zero-order valence-electron chi connectivity index (χ0n) is 18.0. The molecule has 5 nitrogen and oxygen atoms in total. The number of amides is 1. The van der Waals surface area contributed by atoms with Crippen molar-refractivity contribution in [2.24, 2.45) is 0 Å². The molecular formula is C23H32N2O3S. The Labute approximate surface area is 175 Å². The molecule has 6 heteroatoms. The highest BCUT2D eigenvalue weighted by Crippen LogP contribution is 2.28. The van der Waals surface area contributed by atoms with Crippen molar-refractivity contribution in [1.29, 1.82) is 0 Å². The quantitative estimate of drug-likeness (QED) is 0.674. The smallest absolute Gasteiger partial charge is 0.240 e. The molecule has 0 bridgehead atoms. The topological polar surface area (TPSA) is 66.5 Å². The second-order valence-corrected chi connectivity index (χ2v) is 10.1. The van der Waals surface area contributed by atoms with Gasteiger partial charge in [0.1, 0.15) is 6.54 Å². The Hall–Kier alpha value is -2.34. The second-order valence-electron chi connectivity index (χ2n) is 8.21. The van der Waals surface area contributed by atoms with E-state index in [0.717, 1.165) is 29.0 Å². The molecule has 2 aromatic rings. The number of sulfonamides is 1. The van der Waals surface area contributed by atoms with Gasteiger partial charge in [-0.1, -0.05) is 63.2 Å². The number of nitrogens with one attached hydrogen (secondary N) is 1. The lowest BCUT2D eigenvalue weighted by atomic mass is 9.79. The SMILES string of the molecule is CCc1ccc(N(CC(=O)NC(C)CC(C)(C)c2ccccc2)S(C)(=O)=O)cc1. The lowest BCUT2D eigenvalue weighted by Crippen LogP contribution is -2.44. The van der Waals surface area contributed by atoms with Crippen LogP contribution >= 0.6 is 0 Å². The Bertz CT molecular complexity index is 907. The Morgan fingerprint density at radius 3 is 2.17 bits per heavy atom. The van der Waals surface area contributed by atoms with Gasteiger partial charge in [-0.3, -0.25) is 9.10 Å². The van der Waals surface area contributed by atoms with E-state index in [-0.39, 0.29) is 23.9 Å². The molecule has 29 heavy (non-hydrogen) atoms. The second kappa shape index (κ2) is 9.44. The highest BCUT2D eigenvalue weighted by atomic mass is 32.2. The van der Waals surface area contributed by atoms with Crippen molar-refractivity contribution in [2.75, 3.05) is 17.1 Å². The van der Waals surface area contributed by atoms with Crippen LogP contribution in [-0.4, -0.2) is 33.2 Å². The van der Waals surface area contributed by atoms with Gasteiger partial charge in [0.05, 0.1) is 11.9 Å². The predicted molar refractivity (Wildman–Crippen MR) is 120 cm³/mol. The summed E-state index contributed by atoms with van der Waals surface area (Å²) < 4.78 is 25.7. The van der Waals surface area contributed by atoms with Crippen LogP contribution < -0.4 is 9.62 Å². The van der Waals surface area contributed by atoms with Gasteiger partial charge < -0.3 is 5.32 Å². The van der Waals surface area contributed by atoms with Gasteiger partial charge in [-0.2, -0.15) is 0 Å². The van der Waals surface area contributed by atoms with Crippen LogP contribution in [0.1, 0.15) is 45.2 Å². The number of hydrogen-bond donors (Lipinski definition) is 1. The zero-order chi connectivity index (χ0) is 21.7. The molecule has 0 aliphatic heterocycles. The van der Waals surface area contributed by atoms with E-state index >= 15 is 0 Å². The lowest BCUT2D eigenvalue weighted by Gasteiger charge is -2.30. The maximum atomic E-state index is 12.6. The summed E-state index contributed by atoms with van der Waals surface area (Å²) in [7, 11) is -3.57. The maximum Gasteiger partial charge on any atom is 0.240 e. The molecule has 1 N–H and O–H groups in total. The normalized spacial score (nSPS) is 13.0. The largest absolute Gasteiger partial charge is 0.352 e. The van der Waals surface area contributed by atoms with Crippen molar-refractivity contribution >= 4 is 21.6 Å². The fourth-order valence-corrected chi connectivity index (χ4v) is 4.43. The number of aryl methyl sites for hydroxylation is 1. The minimum atomic E-state index is -3.57. The van der Waals surface area contributed by atoms with Crippen LogP contribution in [0, 0.1) is 0 Å². The fraction of sp³-hybridized carbons (Fsp3) is 0.435. The molecule has 0 fully saturated rings. The first-order valence-electron chi connectivity index (χ1n) is 9.94. The van der Waals surface area contributed by atoms with E-state index in [1.807, 2.05) is 44.2 Å². The maximum absolute atomic E-state index is 12.6. The monoisotopic (exact) mass is 416 g/mol. The predicted octanol–water partition coefficient (Wildman–Crippen LogP) is 3.89. The van der Waals surface area contributed by atoms with Crippen molar-refractivity contribution in [3.05, 3.63) is 65.7 Å². The summed E-state index contributed by atoms with van der Waals surface area (Å²) in [5, 5.41) is 2.96. The number of carbonyl (C=O) groups is 1. The summed E-state index contributed by atoms with van der Waals surface area (Å²) in [5.74, 6) is -0.314. The zero-order valence-corrected chi connectivity index (χ0v) is 18.8. The van der Waals surface area contributed by atoms with E-state index < -0.39 is 10.0 Å². The Morgan fingerprint density at radius 1 is 1.07 bits per heavy atom. The van der Waals surface area contributed by atoms with Crippen LogP contribution in [0.4, 0.5) is 5.69 Å². The first-order valence-corrected chi connectivity index (χ1v) is 11.8. The first kappa shape index (κ1) is 22.9. The van der Waals surface area contributed by atoms with Gasteiger partial charge in [-0.25, -0.2) is 8.42 Å². The van der Waals surface area contributed by atoms with Crippen molar-refractivity contribution in [3.63, 3.8) is 0 Å². The number of anilines is 1. The molecule has 1 amide bonds. The molecule has 0 saturated heterocycles. The third-order valence-electron chi connectivity index (χ3n) is 5.10. The molecule has 1 unspecified atom stereocenters. The minimum absolute atomic E-state index is 0.0958. The van der Waals surface area contributed by atoms with E-state index in [1.54, 1.807) is 12.1 Å². The Morgan fingerprint density at radius 2 is 1.66 bits per heavy atom. The molecule has 0 radical (unpaired) electrons. The van der Waals surface area contributed by atoms with E-state index in [4.69, 9.17) is 0 Å². The van der Waals surface area contributed by atoms with Crippen molar-refractivity contribution in [2.45, 2.75) is 52.0 Å². The molecule has 0 spiro atoms. The summed E-state index contributed by atoms with van der Waals surface area (Å²) in [4.78, 5) is 12.6. The number of rotatable bonds is 9. The average molecular weight is 417 g/mol. The van der Waals surface area contributed by atoms with Gasteiger partial charge in [0.25, 0.3) is 0 Å². The molecular weight excluding hydrogens is 384 g/mol. The third-order valence-corrected chi connectivity index (χ3v) is 6.24. The molecule has 158 valence electrons. The highest BCUT2D eigenvalue weighted by molar-refractivity contribution is 7.92. The van der Waals surface area contributed by atoms with Crippen LogP contribution in [0.5, 0.6) is 0 Å². The Balaban J connectivity index is 2.05. The summed E-state index contributed by atoms with van der Waals surface area (Å²) in [5.41, 5.74) is 2.70. The number of nitrogens with zero attached hydrogens (tertiary/aromatic N) is 1. The number of hydrogen-bond acceptors (Lipinski definition) is 3. The van der Waals surface area contributed by atoms with Crippen LogP contribution in [0.25, 0.3) is 0 Å². The molecule has 0 aromatic heterocycles. The van der Waals surface area contributed by atoms with Gasteiger partial charge in [0, 0.05) is 6.04 Å². The van der Waals surface area contributed by atoms with Crippen LogP contribution in [0.3, 0.4) is 0 Å². The van der Waals surface area contributed by atoms with Crippen molar-refractivity contribution < 1.29 is 13.2 Å². The summed E-state index contributed by atoms with van der Waals surface area (Å²) in [6.07, 6.45) is 2.73. The minimum Gasteiger partial charge on any atom is -0.352 e. The van der Waals surface area contributed by atoms with Crippen molar-refractivity contribution in [1.82, 2.24) is 5.32 Å². The third kappa shape index (κ3) is 6.60. The van der Waals surface area contributed by atoms with E-state index in [1.165, 1.54) is 5.56 Å². The first-order chi connectivity index (χ1) is 13.5. The highest BCUT2D eigenvalue weighted by Gasteiger charge is 2.26. The van der Waals surface area contributed by atoms with Gasteiger partial charge in [-0.05, 0) is 48.4 Å². The molecule has 2 aromatic carbocycles. The van der Waals surface area contributed by atoms with E-state index in [0.29, 0.717) is 5.69 Å². The summed E-state index contributed by atoms with van der Waals surface area (Å²) in [6.45, 7) is 8.03. The summed E-state index contributed by atoms with van der Waals surface area (Å²) in [6, 6.07) is 17.3. The summed E-state index contributed by atoms with van der Waals surface area (Å²) >= 11 is 0. The van der Waals surface area contributed by atoms with E-state index in [2.05, 4.69) is 31.3 Å². The molecule has 0 saturated carbocycles. The van der Waals surface area contributed by atoms with Gasteiger partial charge >= 0.3 is 0 Å². The van der Waals surface area contributed by atoms with Crippen molar-refractivity contribution in [3.8, 4) is 0 Å². The molecule has 0 heterocycles. The number of carbonyl (C=O) groups excluding carboxylic acids is 1. The lowest BCUT2D eigenvalue weighted by molar-refractivity contribution is -0.120. The molecule has 2 rings (SSSR count).